The molecule has 13 heavy (non-hydrogen) atoms. The van der Waals surface area contributed by atoms with E-state index < -0.39 is 0 Å². The van der Waals surface area contributed by atoms with Crippen LogP contribution in [0.15, 0.2) is 0 Å². The fourth-order valence-electron chi connectivity index (χ4n) is 1.46. The minimum atomic E-state index is 0.0627. The maximum atomic E-state index is 11.1. The first kappa shape index (κ1) is 10.0. The van der Waals surface area contributed by atoms with E-state index in [9.17, 15) is 9.59 Å². The quantitative estimate of drug-likeness (QED) is 0.663. The molecule has 0 aromatic heterocycles. The molecule has 4 nitrogen and oxygen atoms in total. The second-order valence-electron chi connectivity index (χ2n) is 3.43. The predicted molar refractivity (Wildman–Crippen MR) is 49.1 cm³/mol. The van der Waals surface area contributed by atoms with E-state index in [1.165, 1.54) is 0 Å². The number of nitrogens with one attached hydrogen (secondary N) is 1. The first-order chi connectivity index (χ1) is 6.13. The molecule has 74 valence electrons. The van der Waals surface area contributed by atoms with Crippen molar-refractivity contribution in [3.8, 4) is 0 Å². The van der Waals surface area contributed by atoms with Crippen molar-refractivity contribution >= 4 is 11.8 Å². The second-order valence-corrected chi connectivity index (χ2v) is 3.43. The van der Waals surface area contributed by atoms with Crippen LogP contribution in [0.1, 0.15) is 26.2 Å². The van der Waals surface area contributed by atoms with E-state index in [4.69, 9.17) is 0 Å². The summed E-state index contributed by atoms with van der Waals surface area (Å²) in [7, 11) is 1.77. The van der Waals surface area contributed by atoms with Gasteiger partial charge in [-0.25, -0.2) is 0 Å². The Hall–Kier alpha value is -1.06. The largest absolute Gasteiger partial charge is 0.352 e. The first-order valence-corrected chi connectivity index (χ1v) is 4.66. The number of hydrogen-bond donors (Lipinski definition) is 1. The smallest absolute Gasteiger partial charge is 0.222 e. The molecular formula is C9H16N2O2. The zero-order chi connectivity index (χ0) is 9.84. The van der Waals surface area contributed by atoms with E-state index in [1.54, 1.807) is 11.9 Å². The van der Waals surface area contributed by atoms with Gasteiger partial charge in [0.15, 0.2) is 0 Å². The van der Waals surface area contributed by atoms with Crippen LogP contribution in [-0.2, 0) is 9.59 Å². The summed E-state index contributed by atoms with van der Waals surface area (Å²) >= 11 is 0. The second kappa shape index (κ2) is 4.25. The lowest BCUT2D eigenvalue weighted by molar-refractivity contribution is -0.133. The molecule has 0 radical (unpaired) electrons. The van der Waals surface area contributed by atoms with Gasteiger partial charge in [-0.15, -0.1) is 0 Å². The number of likely N-dealkylation sites (N-methyl/N-ethyl adjacent to an activating group) is 1. The molecule has 4 heteroatoms. The maximum Gasteiger partial charge on any atom is 0.222 e. The van der Waals surface area contributed by atoms with Crippen molar-refractivity contribution in [1.82, 2.24) is 10.2 Å². The number of carbonyl (C=O) groups is 2. The molecule has 0 aliphatic carbocycles. The van der Waals surface area contributed by atoms with Crippen molar-refractivity contribution in [2.24, 2.45) is 0 Å². The van der Waals surface area contributed by atoms with Gasteiger partial charge in [0.1, 0.15) is 0 Å². The lowest BCUT2D eigenvalue weighted by Crippen LogP contribution is -2.48. The van der Waals surface area contributed by atoms with Gasteiger partial charge in [0, 0.05) is 32.5 Å². The van der Waals surface area contributed by atoms with E-state index >= 15 is 0 Å². The Bertz CT molecular complexity index is 216. The lowest BCUT2D eigenvalue weighted by atomic mass is 10.1. The Morgan fingerprint density at radius 1 is 1.69 bits per heavy atom. The van der Waals surface area contributed by atoms with Crippen LogP contribution in [0.5, 0.6) is 0 Å². The summed E-state index contributed by atoms with van der Waals surface area (Å²) in [6, 6.07) is 0.148. The Balaban J connectivity index is 2.37. The highest BCUT2D eigenvalue weighted by molar-refractivity contribution is 5.78. The van der Waals surface area contributed by atoms with Crippen molar-refractivity contribution < 1.29 is 9.59 Å². The molecule has 1 aliphatic rings. The van der Waals surface area contributed by atoms with Crippen LogP contribution < -0.4 is 5.32 Å². The number of carbonyl (C=O) groups excluding carboxylic acids is 2. The van der Waals surface area contributed by atoms with Crippen LogP contribution in [0.25, 0.3) is 0 Å². The zero-order valence-electron chi connectivity index (χ0n) is 8.17. The molecule has 0 aromatic rings. The zero-order valence-corrected chi connectivity index (χ0v) is 8.17. The third-order valence-electron chi connectivity index (χ3n) is 2.31. The number of amides is 2. The Labute approximate surface area is 78.3 Å². The SMILES string of the molecule is CCC(=O)NC1CCC(=O)N(C)C1. The average molecular weight is 184 g/mol. The molecule has 1 aliphatic heterocycles. The van der Waals surface area contributed by atoms with Gasteiger partial charge >= 0.3 is 0 Å². The highest BCUT2D eigenvalue weighted by atomic mass is 16.2. The number of nitrogens with zero attached hydrogens (tertiary/aromatic N) is 1. The molecule has 1 heterocycles. The van der Waals surface area contributed by atoms with E-state index in [-0.39, 0.29) is 17.9 Å². The number of rotatable bonds is 2. The van der Waals surface area contributed by atoms with Crippen molar-refractivity contribution in [2.45, 2.75) is 32.2 Å². The molecule has 1 saturated heterocycles. The van der Waals surface area contributed by atoms with Crippen molar-refractivity contribution in [3.63, 3.8) is 0 Å². The van der Waals surface area contributed by atoms with Gasteiger partial charge in [-0.3, -0.25) is 9.59 Å². The van der Waals surface area contributed by atoms with Crippen molar-refractivity contribution in [2.75, 3.05) is 13.6 Å². The number of hydrogen-bond acceptors (Lipinski definition) is 2. The van der Waals surface area contributed by atoms with Gasteiger partial charge in [-0.1, -0.05) is 6.92 Å². The van der Waals surface area contributed by atoms with E-state index in [2.05, 4.69) is 5.32 Å². The summed E-state index contributed by atoms with van der Waals surface area (Å²) in [5.74, 6) is 0.231. The highest BCUT2D eigenvalue weighted by Gasteiger charge is 2.23. The fourth-order valence-corrected chi connectivity index (χ4v) is 1.46. The van der Waals surface area contributed by atoms with Crippen LogP contribution in [0.3, 0.4) is 0 Å². The molecular weight excluding hydrogens is 168 g/mol. The molecule has 0 spiro atoms. The summed E-state index contributed by atoms with van der Waals surface area (Å²) in [5.41, 5.74) is 0. The highest BCUT2D eigenvalue weighted by Crippen LogP contribution is 2.09. The third kappa shape index (κ3) is 2.72. The normalized spacial score (nSPS) is 23.1. The molecule has 1 atom stereocenters. The van der Waals surface area contributed by atoms with Gasteiger partial charge in [0.25, 0.3) is 0 Å². The Morgan fingerprint density at radius 3 is 2.92 bits per heavy atom. The minimum absolute atomic E-state index is 0.0627. The summed E-state index contributed by atoms with van der Waals surface area (Å²) in [4.78, 5) is 23.8. The Kier molecular flexibility index (Phi) is 3.28. The minimum Gasteiger partial charge on any atom is -0.352 e. The van der Waals surface area contributed by atoms with Crippen molar-refractivity contribution in [3.05, 3.63) is 0 Å². The van der Waals surface area contributed by atoms with Crippen LogP contribution in [0, 0.1) is 0 Å². The first-order valence-electron chi connectivity index (χ1n) is 4.66. The van der Waals surface area contributed by atoms with Gasteiger partial charge in [0.05, 0.1) is 0 Å². The summed E-state index contributed by atoms with van der Waals surface area (Å²) in [6.45, 7) is 2.47. The molecule has 2 amide bonds. The van der Waals surface area contributed by atoms with Gasteiger partial charge < -0.3 is 10.2 Å². The maximum absolute atomic E-state index is 11.1. The van der Waals surface area contributed by atoms with E-state index in [1.807, 2.05) is 6.92 Å². The summed E-state index contributed by atoms with van der Waals surface area (Å²) in [6.07, 6.45) is 1.83. The van der Waals surface area contributed by atoms with Gasteiger partial charge in [-0.05, 0) is 6.42 Å². The van der Waals surface area contributed by atoms with Crippen LogP contribution in [0.2, 0.25) is 0 Å². The number of piperidine rings is 1. The number of likely N-dealkylation sites (tertiary alicyclic amines) is 1. The molecule has 0 aromatic carbocycles. The summed E-state index contributed by atoms with van der Waals surface area (Å²) < 4.78 is 0. The Morgan fingerprint density at radius 2 is 2.38 bits per heavy atom. The van der Waals surface area contributed by atoms with Crippen LogP contribution in [-0.4, -0.2) is 36.3 Å². The average Bonchev–Trinajstić information content (AvgIpc) is 2.11. The van der Waals surface area contributed by atoms with Gasteiger partial charge in [-0.2, -0.15) is 0 Å². The molecule has 0 saturated carbocycles. The van der Waals surface area contributed by atoms with E-state index in [0.717, 1.165) is 6.42 Å². The fraction of sp³-hybridized carbons (Fsp3) is 0.778. The molecule has 0 bridgehead atoms. The van der Waals surface area contributed by atoms with Crippen molar-refractivity contribution in [1.29, 1.82) is 0 Å². The molecule has 1 unspecified atom stereocenters. The van der Waals surface area contributed by atoms with Gasteiger partial charge in [0.2, 0.25) is 11.8 Å². The third-order valence-corrected chi connectivity index (χ3v) is 2.31. The lowest BCUT2D eigenvalue weighted by Gasteiger charge is -2.30. The monoisotopic (exact) mass is 184 g/mol. The van der Waals surface area contributed by atoms with E-state index in [0.29, 0.717) is 19.4 Å². The predicted octanol–water partition coefficient (Wildman–Crippen LogP) is 0.133. The standard InChI is InChI=1S/C9H16N2O2/c1-3-8(12)10-7-4-5-9(13)11(2)6-7/h7H,3-6H2,1-2H3,(H,10,12). The topological polar surface area (TPSA) is 49.4 Å². The molecule has 1 fully saturated rings. The van der Waals surface area contributed by atoms with Crippen LogP contribution >= 0.6 is 0 Å². The van der Waals surface area contributed by atoms with Crippen LogP contribution in [0.4, 0.5) is 0 Å². The molecule has 1 rings (SSSR count). The molecule has 1 N–H and O–H groups in total. The summed E-state index contributed by atoms with van der Waals surface area (Å²) in [5, 5.41) is 2.89.